The number of hydrogen-bond acceptors (Lipinski definition) is 4. The van der Waals surface area contributed by atoms with E-state index in [0.29, 0.717) is 36.4 Å². The molecule has 1 heterocycles. The Balaban J connectivity index is 1.99. The molecule has 3 unspecified atom stereocenters. The molecule has 1 aliphatic heterocycles. The van der Waals surface area contributed by atoms with Gasteiger partial charge in [0.1, 0.15) is 0 Å². The predicted octanol–water partition coefficient (Wildman–Crippen LogP) is 1.71. The molecule has 1 aliphatic carbocycles. The Hall–Kier alpha value is -0.170. The van der Waals surface area contributed by atoms with Crippen molar-refractivity contribution in [1.82, 2.24) is 9.73 Å². The molecule has 1 saturated heterocycles. The Morgan fingerprint density at radius 2 is 2.05 bits per heavy atom. The van der Waals surface area contributed by atoms with E-state index in [1.54, 1.807) is 4.31 Å². The number of sulfonamides is 1. The van der Waals surface area contributed by atoms with E-state index in [1.807, 2.05) is 0 Å². The van der Waals surface area contributed by atoms with Crippen LogP contribution in [0, 0.1) is 17.3 Å². The zero-order valence-corrected chi connectivity index (χ0v) is 14.5. The zero-order valence-electron chi connectivity index (χ0n) is 13.6. The van der Waals surface area contributed by atoms with E-state index in [9.17, 15) is 8.42 Å². The zero-order chi connectivity index (χ0) is 15.7. The molecule has 0 bridgehead atoms. The van der Waals surface area contributed by atoms with Gasteiger partial charge in [0.05, 0.1) is 6.26 Å². The van der Waals surface area contributed by atoms with Crippen LogP contribution in [0.3, 0.4) is 0 Å². The van der Waals surface area contributed by atoms with Crippen molar-refractivity contribution in [3.8, 4) is 0 Å². The fourth-order valence-corrected chi connectivity index (χ4v) is 5.27. The van der Waals surface area contributed by atoms with Crippen molar-refractivity contribution in [2.45, 2.75) is 58.4 Å². The molecule has 0 aromatic carbocycles. The average Bonchev–Trinajstić information content (AvgIpc) is 2.75. The van der Waals surface area contributed by atoms with E-state index in [1.165, 1.54) is 25.5 Å². The lowest BCUT2D eigenvalue weighted by Gasteiger charge is -2.38. The number of nitrogens with zero attached hydrogens (tertiary/aromatic N) is 1. The summed E-state index contributed by atoms with van der Waals surface area (Å²) in [5.74, 6) is 6.85. The molecule has 5 nitrogen and oxygen atoms in total. The van der Waals surface area contributed by atoms with E-state index in [-0.39, 0.29) is 0 Å². The van der Waals surface area contributed by atoms with Crippen molar-refractivity contribution >= 4 is 10.0 Å². The second kappa shape index (κ2) is 6.52. The number of hydrogen-bond donors (Lipinski definition) is 2. The van der Waals surface area contributed by atoms with Crippen LogP contribution in [0.15, 0.2) is 0 Å². The SMILES string of the molecule is CC1(C)CCCC1C(CC1CCCN(S(C)(=O)=O)C1)NN. The highest BCUT2D eigenvalue weighted by Crippen LogP contribution is 2.45. The Labute approximate surface area is 129 Å². The third kappa shape index (κ3) is 4.18. The monoisotopic (exact) mass is 317 g/mol. The molecule has 2 fully saturated rings. The van der Waals surface area contributed by atoms with Gasteiger partial charge in [-0.2, -0.15) is 0 Å². The molecule has 6 heteroatoms. The van der Waals surface area contributed by atoms with Gasteiger partial charge in [0, 0.05) is 19.1 Å². The summed E-state index contributed by atoms with van der Waals surface area (Å²) in [6, 6.07) is 0.298. The molecule has 21 heavy (non-hydrogen) atoms. The minimum atomic E-state index is -3.06. The van der Waals surface area contributed by atoms with Gasteiger partial charge in [0.15, 0.2) is 0 Å². The first kappa shape index (κ1) is 17.2. The number of hydrazine groups is 1. The highest BCUT2D eigenvalue weighted by atomic mass is 32.2. The molecular weight excluding hydrogens is 286 g/mol. The first-order chi connectivity index (χ1) is 9.74. The molecule has 0 radical (unpaired) electrons. The maximum Gasteiger partial charge on any atom is 0.211 e. The maximum atomic E-state index is 11.7. The van der Waals surface area contributed by atoms with Crippen LogP contribution in [-0.2, 0) is 10.0 Å². The van der Waals surface area contributed by atoms with Crippen LogP contribution in [0.1, 0.15) is 52.4 Å². The van der Waals surface area contributed by atoms with Crippen LogP contribution >= 0.6 is 0 Å². The molecule has 2 rings (SSSR count). The molecule has 0 aromatic rings. The minimum absolute atomic E-state index is 0.298. The van der Waals surface area contributed by atoms with Gasteiger partial charge in [-0.05, 0) is 49.4 Å². The number of nitrogens with two attached hydrogens (primary N) is 1. The molecule has 1 saturated carbocycles. The third-order valence-corrected chi connectivity index (χ3v) is 6.85. The van der Waals surface area contributed by atoms with E-state index in [0.717, 1.165) is 19.3 Å². The Bertz CT molecular complexity index is 450. The molecule has 0 amide bonds. The van der Waals surface area contributed by atoms with Crippen LogP contribution in [0.4, 0.5) is 0 Å². The molecule has 2 aliphatic rings. The van der Waals surface area contributed by atoms with Crippen molar-refractivity contribution in [3.63, 3.8) is 0 Å². The average molecular weight is 317 g/mol. The Morgan fingerprint density at radius 1 is 1.33 bits per heavy atom. The fraction of sp³-hybridized carbons (Fsp3) is 1.00. The van der Waals surface area contributed by atoms with Crippen LogP contribution in [0.5, 0.6) is 0 Å². The van der Waals surface area contributed by atoms with E-state index < -0.39 is 10.0 Å². The van der Waals surface area contributed by atoms with Gasteiger partial charge in [-0.25, -0.2) is 12.7 Å². The lowest BCUT2D eigenvalue weighted by molar-refractivity contribution is 0.155. The summed E-state index contributed by atoms with van der Waals surface area (Å²) in [5.41, 5.74) is 3.37. The van der Waals surface area contributed by atoms with E-state index in [4.69, 9.17) is 5.84 Å². The standard InChI is InChI=1S/C15H31N3O2S/c1-15(2)8-4-7-13(15)14(17-16)10-12-6-5-9-18(11-12)21(3,19)20/h12-14,17H,4-11,16H2,1-3H3. The van der Waals surface area contributed by atoms with Crippen LogP contribution in [-0.4, -0.2) is 38.1 Å². The summed E-state index contributed by atoms with van der Waals surface area (Å²) in [6.45, 7) is 5.99. The Morgan fingerprint density at radius 3 is 2.57 bits per heavy atom. The van der Waals surface area contributed by atoms with Gasteiger partial charge in [0.2, 0.25) is 10.0 Å². The van der Waals surface area contributed by atoms with E-state index >= 15 is 0 Å². The number of nitrogens with one attached hydrogen (secondary N) is 1. The van der Waals surface area contributed by atoms with Crippen LogP contribution in [0.25, 0.3) is 0 Å². The molecule has 0 spiro atoms. The maximum absolute atomic E-state index is 11.7. The van der Waals surface area contributed by atoms with Gasteiger partial charge in [-0.3, -0.25) is 11.3 Å². The van der Waals surface area contributed by atoms with Crippen molar-refractivity contribution < 1.29 is 8.42 Å². The summed E-state index contributed by atoms with van der Waals surface area (Å²) >= 11 is 0. The molecular formula is C15H31N3O2S. The summed E-state index contributed by atoms with van der Waals surface area (Å²) in [6.07, 6.45) is 8.13. The third-order valence-electron chi connectivity index (χ3n) is 5.58. The van der Waals surface area contributed by atoms with Crippen LogP contribution in [0.2, 0.25) is 0 Å². The molecule has 3 atom stereocenters. The number of piperidine rings is 1. The van der Waals surface area contributed by atoms with Crippen molar-refractivity contribution in [2.24, 2.45) is 23.1 Å². The van der Waals surface area contributed by atoms with Gasteiger partial charge in [-0.1, -0.05) is 20.3 Å². The lowest BCUT2D eigenvalue weighted by atomic mass is 9.74. The normalized spacial score (nSPS) is 32.2. The largest absolute Gasteiger partial charge is 0.271 e. The molecule has 124 valence electrons. The summed E-state index contributed by atoms with van der Waals surface area (Å²) in [4.78, 5) is 0. The van der Waals surface area contributed by atoms with Crippen molar-refractivity contribution in [3.05, 3.63) is 0 Å². The fourth-order valence-electron chi connectivity index (χ4n) is 4.33. The Kier molecular flexibility index (Phi) is 5.34. The quantitative estimate of drug-likeness (QED) is 0.598. The van der Waals surface area contributed by atoms with Gasteiger partial charge in [0.25, 0.3) is 0 Å². The topological polar surface area (TPSA) is 75.4 Å². The van der Waals surface area contributed by atoms with Crippen molar-refractivity contribution in [2.75, 3.05) is 19.3 Å². The molecule has 0 aromatic heterocycles. The highest BCUT2D eigenvalue weighted by molar-refractivity contribution is 7.88. The molecule has 3 N–H and O–H groups in total. The van der Waals surface area contributed by atoms with Crippen LogP contribution < -0.4 is 11.3 Å². The predicted molar refractivity (Wildman–Crippen MR) is 86.0 cm³/mol. The lowest BCUT2D eigenvalue weighted by Crippen LogP contribution is -2.48. The smallest absolute Gasteiger partial charge is 0.211 e. The summed E-state index contributed by atoms with van der Waals surface area (Å²) in [7, 11) is -3.06. The number of rotatable bonds is 5. The first-order valence-electron chi connectivity index (χ1n) is 8.15. The summed E-state index contributed by atoms with van der Waals surface area (Å²) in [5, 5.41) is 0. The minimum Gasteiger partial charge on any atom is -0.271 e. The van der Waals surface area contributed by atoms with Crippen molar-refractivity contribution in [1.29, 1.82) is 0 Å². The second-order valence-electron chi connectivity index (χ2n) is 7.63. The highest BCUT2D eigenvalue weighted by Gasteiger charge is 2.40. The van der Waals surface area contributed by atoms with Gasteiger partial charge >= 0.3 is 0 Å². The van der Waals surface area contributed by atoms with E-state index in [2.05, 4.69) is 19.3 Å². The van der Waals surface area contributed by atoms with Gasteiger partial charge in [-0.15, -0.1) is 0 Å². The first-order valence-corrected chi connectivity index (χ1v) is 10.00. The summed E-state index contributed by atoms with van der Waals surface area (Å²) < 4.78 is 25.1. The van der Waals surface area contributed by atoms with Gasteiger partial charge < -0.3 is 0 Å². The second-order valence-corrected chi connectivity index (χ2v) is 9.61.